The van der Waals surface area contributed by atoms with Crippen molar-refractivity contribution in [2.24, 2.45) is 0 Å². The summed E-state index contributed by atoms with van der Waals surface area (Å²) in [6, 6.07) is 30.5. The fraction of sp³-hybridized carbons (Fsp3) is 0.438. The summed E-state index contributed by atoms with van der Waals surface area (Å²) in [4.78, 5) is 5.18. The Morgan fingerprint density at radius 2 is 1.33 bits per heavy atom. The lowest BCUT2D eigenvalue weighted by Crippen LogP contribution is -2.40. The summed E-state index contributed by atoms with van der Waals surface area (Å²) in [6.45, 7) is 8.80. The van der Waals surface area contributed by atoms with E-state index in [2.05, 4.69) is 100 Å². The zero-order valence-corrected chi connectivity index (χ0v) is 21.5. The lowest BCUT2D eigenvalue weighted by Gasteiger charge is -2.35. The Morgan fingerprint density at radius 1 is 0.722 bits per heavy atom. The van der Waals surface area contributed by atoms with Crippen LogP contribution in [0, 0.1) is 0 Å². The highest BCUT2D eigenvalue weighted by Gasteiger charge is 2.25. The first-order valence-electron chi connectivity index (χ1n) is 13.8. The Balaban J connectivity index is 1.12. The van der Waals surface area contributed by atoms with Crippen molar-refractivity contribution in [1.82, 2.24) is 15.1 Å². The summed E-state index contributed by atoms with van der Waals surface area (Å²) in [7, 11) is 0. The molecule has 0 bridgehead atoms. The minimum atomic E-state index is 0.291. The summed E-state index contributed by atoms with van der Waals surface area (Å²) in [5.74, 6) is 1.45. The Kier molecular flexibility index (Phi) is 9.06. The van der Waals surface area contributed by atoms with Crippen LogP contribution in [-0.4, -0.2) is 61.7 Å². The lowest BCUT2D eigenvalue weighted by atomic mass is 9.90. The maximum atomic E-state index is 6.56. The quantitative estimate of drug-likeness (QED) is 0.362. The van der Waals surface area contributed by atoms with Gasteiger partial charge in [0, 0.05) is 50.7 Å². The zero-order valence-electron chi connectivity index (χ0n) is 21.5. The van der Waals surface area contributed by atoms with E-state index in [1.54, 1.807) is 0 Å². The number of piperidine rings is 1. The molecule has 2 aliphatic rings. The highest BCUT2D eigenvalue weighted by molar-refractivity contribution is 5.34. The second-order valence-corrected chi connectivity index (χ2v) is 10.3. The average molecular weight is 484 g/mol. The number of likely N-dealkylation sites (tertiary alicyclic amines) is 2. The molecule has 2 aliphatic heterocycles. The molecule has 0 atom stereocenters. The SMILES string of the molecule is c1ccc(C(CN2CCC(Oc3ccccc3CNCCN3CCCC3)CC2)c2ccccc2)cc1. The van der Waals surface area contributed by atoms with Crippen LogP contribution in [0.5, 0.6) is 5.75 Å². The van der Waals surface area contributed by atoms with Gasteiger partial charge >= 0.3 is 0 Å². The number of rotatable bonds is 11. The van der Waals surface area contributed by atoms with Crippen LogP contribution in [0.3, 0.4) is 0 Å². The molecule has 0 saturated carbocycles. The van der Waals surface area contributed by atoms with Gasteiger partial charge in [0.2, 0.25) is 0 Å². The van der Waals surface area contributed by atoms with E-state index in [4.69, 9.17) is 4.74 Å². The molecule has 0 unspecified atom stereocenters. The third-order valence-corrected chi connectivity index (χ3v) is 7.76. The zero-order chi connectivity index (χ0) is 24.4. The first-order chi connectivity index (χ1) is 17.8. The smallest absolute Gasteiger partial charge is 0.124 e. The largest absolute Gasteiger partial charge is 0.490 e. The molecule has 3 aromatic rings. The van der Waals surface area contributed by atoms with Gasteiger partial charge in [0.1, 0.15) is 11.9 Å². The maximum absolute atomic E-state index is 6.56. The van der Waals surface area contributed by atoms with Crippen molar-refractivity contribution in [3.8, 4) is 5.75 Å². The van der Waals surface area contributed by atoms with Crippen molar-refractivity contribution in [1.29, 1.82) is 0 Å². The Labute approximate surface area is 217 Å². The van der Waals surface area contributed by atoms with Crippen LogP contribution in [-0.2, 0) is 6.54 Å². The molecular weight excluding hydrogens is 442 g/mol. The second-order valence-electron chi connectivity index (χ2n) is 10.3. The van der Waals surface area contributed by atoms with Crippen LogP contribution >= 0.6 is 0 Å². The molecule has 36 heavy (non-hydrogen) atoms. The topological polar surface area (TPSA) is 27.7 Å². The van der Waals surface area contributed by atoms with E-state index in [9.17, 15) is 0 Å². The van der Waals surface area contributed by atoms with E-state index in [0.29, 0.717) is 12.0 Å². The monoisotopic (exact) mass is 483 g/mol. The van der Waals surface area contributed by atoms with Crippen molar-refractivity contribution >= 4 is 0 Å². The van der Waals surface area contributed by atoms with Crippen LogP contribution in [0.2, 0.25) is 0 Å². The van der Waals surface area contributed by atoms with Crippen molar-refractivity contribution < 1.29 is 4.74 Å². The minimum Gasteiger partial charge on any atom is -0.490 e. The minimum absolute atomic E-state index is 0.291. The Morgan fingerprint density at radius 3 is 2.00 bits per heavy atom. The van der Waals surface area contributed by atoms with E-state index < -0.39 is 0 Å². The molecule has 0 radical (unpaired) electrons. The van der Waals surface area contributed by atoms with E-state index in [1.165, 1.54) is 42.6 Å². The van der Waals surface area contributed by atoms with Crippen LogP contribution in [0.15, 0.2) is 84.9 Å². The fourth-order valence-corrected chi connectivity index (χ4v) is 5.65. The highest BCUT2D eigenvalue weighted by Crippen LogP contribution is 2.28. The van der Waals surface area contributed by atoms with Gasteiger partial charge in [-0.1, -0.05) is 78.9 Å². The summed E-state index contributed by atoms with van der Waals surface area (Å²) in [5.41, 5.74) is 4.07. The van der Waals surface area contributed by atoms with Crippen molar-refractivity contribution in [2.75, 3.05) is 45.8 Å². The van der Waals surface area contributed by atoms with Crippen molar-refractivity contribution in [3.05, 3.63) is 102 Å². The van der Waals surface area contributed by atoms with E-state index in [0.717, 1.165) is 57.9 Å². The van der Waals surface area contributed by atoms with Crippen LogP contribution in [0.1, 0.15) is 48.3 Å². The molecule has 2 fully saturated rings. The summed E-state index contributed by atoms with van der Waals surface area (Å²) in [5, 5.41) is 3.64. The van der Waals surface area contributed by atoms with Gasteiger partial charge < -0.3 is 19.9 Å². The number of nitrogens with zero attached hydrogens (tertiary/aromatic N) is 2. The second kappa shape index (κ2) is 13.0. The first-order valence-corrected chi connectivity index (χ1v) is 13.8. The molecule has 5 rings (SSSR count). The number of ether oxygens (including phenoxy) is 1. The highest BCUT2D eigenvalue weighted by atomic mass is 16.5. The molecule has 4 heteroatoms. The maximum Gasteiger partial charge on any atom is 0.124 e. The van der Waals surface area contributed by atoms with Gasteiger partial charge in [-0.3, -0.25) is 0 Å². The van der Waals surface area contributed by atoms with Gasteiger partial charge in [-0.05, 0) is 56.0 Å². The van der Waals surface area contributed by atoms with Gasteiger partial charge in [0.05, 0.1) is 0 Å². The third-order valence-electron chi connectivity index (χ3n) is 7.76. The molecule has 0 aromatic heterocycles. The molecule has 3 aromatic carbocycles. The molecule has 0 aliphatic carbocycles. The predicted octanol–water partition coefficient (Wildman–Crippen LogP) is 5.55. The molecule has 4 nitrogen and oxygen atoms in total. The van der Waals surface area contributed by atoms with E-state index in [-0.39, 0.29) is 0 Å². The molecule has 1 N–H and O–H groups in total. The predicted molar refractivity (Wildman–Crippen MR) is 149 cm³/mol. The molecule has 190 valence electrons. The standard InChI is InChI=1S/C32H41N3O/c1-3-11-27(12-4-1)31(28-13-5-2-6-14-28)26-35-22-17-30(18-23-35)36-32-16-8-7-15-29(32)25-33-19-24-34-20-9-10-21-34/h1-8,11-16,30-31,33H,9-10,17-26H2. The number of hydrogen-bond acceptors (Lipinski definition) is 4. The normalized spacial score (nSPS) is 17.6. The van der Waals surface area contributed by atoms with E-state index >= 15 is 0 Å². The lowest BCUT2D eigenvalue weighted by molar-refractivity contribution is 0.0979. The van der Waals surface area contributed by atoms with Crippen LogP contribution in [0.25, 0.3) is 0 Å². The first kappa shape index (κ1) is 25.0. The van der Waals surface area contributed by atoms with Crippen molar-refractivity contribution in [3.63, 3.8) is 0 Å². The number of hydrogen-bond donors (Lipinski definition) is 1. The van der Waals surface area contributed by atoms with Gasteiger partial charge in [-0.2, -0.15) is 0 Å². The molecular formula is C32H41N3O. The number of para-hydroxylation sites is 1. The summed E-state index contributed by atoms with van der Waals surface area (Å²) >= 11 is 0. The van der Waals surface area contributed by atoms with Crippen LogP contribution in [0.4, 0.5) is 0 Å². The van der Waals surface area contributed by atoms with Gasteiger partial charge in [0.25, 0.3) is 0 Å². The van der Waals surface area contributed by atoms with Gasteiger partial charge in [-0.15, -0.1) is 0 Å². The third kappa shape index (κ3) is 6.97. The van der Waals surface area contributed by atoms with Gasteiger partial charge in [-0.25, -0.2) is 0 Å². The number of benzene rings is 3. The average Bonchev–Trinajstić information content (AvgIpc) is 3.46. The molecule has 0 amide bonds. The molecule has 2 heterocycles. The van der Waals surface area contributed by atoms with Crippen LogP contribution < -0.4 is 10.1 Å². The van der Waals surface area contributed by atoms with Crippen molar-refractivity contribution in [2.45, 2.75) is 44.2 Å². The molecule has 0 spiro atoms. The summed E-state index contributed by atoms with van der Waals surface area (Å²) < 4.78 is 6.56. The summed E-state index contributed by atoms with van der Waals surface area (Å²) in [6.07, 6.45) is 5.16. The fourth-order valence-electron chi connectivity index (χ4n) is 5.65. The molecule has 2 saturated heterocycles. The Bertz CT molecular complexity index is 988. The number of nitrogens with one attached hydrogen (secondary N) is 1. The van der Waals surface area contributed by atoms with Gasteiger partial charge in [0.15, 0.2) is 0 Å². The Hall–Kier alpha value is -2.66. The van der Waals surface area contributed by atoms with E-state index in [1.807, 2.05) is 0 Å².